The molecule has 2 fully saturated rings. The largest absolute Gasteiger partial charge is 0.353 e. The molecule has 3 N–H and O–H groups in total. The fourth-order valence-electron chi connectivity index (χ4n) is 4.22. The Morgan fingerprint density at radius 3 is 2.45 bits per heavy atom. The van der Waals surface area contributed by atoms with Crippen LogP contribution in [0.1, 0.15) is 42.0 Å². The molecule has 2 saturated heterocycles. The number of amides is 1. The van der Waals surface area contributed by atoms with Gasteiger partial charge < -0.3 is 5.32 Å². The number of halogens is 1. The number of hydrogen-bond acceptors (Lipinski definition) is 4. The van der Waals surface area contributed by atoms with Crippen molar-refractivity contribution in [2.24, 2.45) is 0 Å². The van der Waals surface area contributed by atoms with E-state index in [-0.39, 0.29) is 11.9 Å². The van der Waals surface area contributed by atoms with Crippen LogP contribution in [0.3, 0.4) is 0 Å². The first-order chi connectivity index (χ1) is 14.1. The molecule has 4 rings (SSSR count). The maximum absolute atomic E-state index is 12.4. The van der Waals surface area contributed by atoms with E-state index < -0.39 is 0 Å². The number of piperidine rings is 1. The zero-order chi connectivity index (χ0) is 20.2. The lowest BCUT2D eigenvalue weighted by molar-refractivity contribution is -0.121. The molecule has 0 spiro atoms. The van der Waals surface area contributed by atoms with Crippen LogP contribution in [0.4, 0.5) is 0 Å². The lowest BCUT2D eigenvalue weighted by Crippen LogP contribution is -2.51. The second-order valence-electron chi connectivity index (χ2n) is 8.18. The number of hydrogen-bond donors (Lipinski definition) is 3. The van der Waals surface area contributed by atoms with E-state index in [4.69, 9.17) is 11.6 Å². The maximum atomic E-state index is 12.4. The van der Waals surface area contributed by atoms with Gasteiger partial charge in [0.25, 0.3) is 0 Å². The van der Waals surface area contributed by atoms with Crippen molar-refractivity contribution < 1.29 is 4.79 Å². The smallest absolute Gasteiger partial charge is 0.224 e. The fraction of sp³-hybridized carbons (Fsp3) is 0.435. The van der Waals surface area contributed by atoms with Gasteiger partial charge in [0.1, 0.15) is 0 Å². The van der Waals surface area contributed by atoms with Crippen LogP contribution in [-0.2, 0) is 11.2 Å². The van der Waals surface area contributed by atoms with Gasteiger partial charge in [0.05, 0.1) is 12.6 Å². The van der Waals surface area contributed by atoms with Gasteiger partial charge in [-0.1, -0.05) is 53.6 Å². The fourth-order valence-corrected chi connectivity index (χ4v) is 4.34. The topological polar surface area (TPSA) is 56.4 Å². The van der Waals surface area contributed by atoms with Crippen molar-refractivity contribution in [3.8, 4) is 0 Å². The van der Waals surface area contributed by atoms with Crippen LogP contribution >= 0.6 is 11.6 Å². The number of carbonyl (C=O) groups is 1. The molecule has 2 aliphatic rings. The Morgan fingerprint density at radius 1 is 1.07 bits per heavy atom. The minimum Gasteiger partial charge on any atom is -0.353 e. The van der Waals surface area contributed by atoms with E-state index in [2.05, 4.69) is 52.3 Å². The standard InChI is InChI=1S/C23H29ClN4O/c1-16-2-4-17(5-3-16)14-23(29)25-20-10-12-28(13-11-20)22-15-21(26-27-22)18-6-8-19(24)9-7-18/h2-9,20-22,26-27H,10-15H2,1H3,(H,25,29). The van der Waals surface area contributed by atoms with Gasteiger partial charge >= 0.3 is 0 Å². The Bertz CT molecular complexity index is 816. The molecule has 6 heteroatoms. The van der Waals surface area contributed by atoms with Gasteiger partial charge in [-0.3, -0.25) is 9.69 Å². The molecule has 0 bridgehead atoms. The minimum atomic E-state index is 0.121. The van der Waals surface area contributed by atoms with Crippen LogP contribution in [0, 0.1) is 6.92 Å². The summed E-state index contributed by atoms with van der Waals surface area (Å²) in [6.07, 6.45) is 3.77. The average Bonchev–Trinajstić information content (AvgIpc) is 3.21. The summed E-state index contributed by atoms with van der Waals surface area (Å²) in [6, 6.07) is 16.8. The minimum absolute atomic E-state index is 0.121. The van der Waals surface area contributed by atoms with E-state index in [1.165, 1.54) is 11.1 Å². The summed E-state index contributed by atoms with van der Waals surface area (Å²) in [6.45, 7) is 4.04. The summed E-state index contributed by atoms with van der Waals surface area (Å²) in [7, 11) is 0. The molecule has 0 radical (unpaired) electrons. The van der Waals surface area contributed by atoms with Gasteiger partial charge in [0.15, 0.2) is 0 Å². The van der Waals surface area contributed by atoms with Gasteiger partial charge in [0, 0.05) is 30.2 Å². The molecule has 0 aromatic heterocycles. The van der Waals surface area contributed by atoms with Crippen LogP contribution in [0.25, 0.3) is 0 Å². The van der Waals surface area contributed by atoms with Crippen LogP contribution in [0.2, 0.25) is 5.02 Å². The van der Waals surface area contributed by atoms with Gasteiger partial charge in [-0.25, -0.2) is 10.9 Å². The third kappa shape index (κ3) is 5.37. The number of hydrazine groups is 1. The Morgan fingerprint density at radius 2 is 1.76 bits per heavy atom. The molecular formula is C23H29ClN4O. The predicted octanol–water partition coefficient (Wildman–Crippen LogP) is 3.34. The second-order valence-corrected chi connectivity index (χ2v) is 8.62. The molecule has 0 aliphatic carbocycles. The Labute approximate surface area is 177 Å². The number of nitrogens with zero attached hydrogens (tertiary/aromatic N) is 1. The number of nitrogens with one attached hydrogen (secondary N) is 3. The van der Waals surface area contributed by atoms with E-state index in [9.17, 15) is 4.79 Å². The van der Waals surface area contributed by atoms with E-state index >= 15 is 0 Å². The predicted molar refractivity (Wildman–Crippen MR) is 116 cm³/mol. The molecule has 2 aromatic carbocycles. The van der Waals surface area contributed by atoms with Crippen molar-refractivity contribution in [3.63, 3.8) is 0 Å². The molecule has 154 valence electrons. The van der Waals surface area contributed by atoms with Gasteiger partial charge in [-0.15, -0.1) is 0 Å². The Balaban J connectivity index is 1.22. The zero-order valence-electron chi connectivity index (χ0n) is 16.8. The summed E-state index contributed by atoms with van der Waals surface area (Å²) in [5.74, 6) is 0.121. The third-order valence-corrected chi connectivity index (χ3v) is 6.23. The molecule has 2 aromatic rings. The van der Waals surface area contributed by atoms with Crippen LogP contribution in [0.15, 0.2) is 48.5 Å². The molecule has 2 heterocycles. The highest BCUT2D eigenvalue weighted by molar-refractivity contribution is 6.30. The summed E-state index contributed by atoms with van der Waals surface area (Å²) in [4.78, 5) is 14.8. The Hall–Kier alpha value is -1.92. The maximum Gasteiger partial charge on any atom is 0.224 e. The highest BCUT2D eigenvalue weighted by atomic mass is 35.5. The molecule has 2 unspecified atom stereocenters. The van der Waals surface area contributed by atoms with E-state index in [0.717, 1.165) is 42.9 Å². The number of carbonyl (C=O) groups excluding carboxylic acids is 1. The van der Waals surface area contributed by atoms with Crippen molar-refractivity contribution in [1.82, 2.24) is 21.1 Å². The third-order valence-electron chi connectivity index (χ3n) is 5.98. The highest BCUT2D eigenvalue weighted by Gasteiger charge is 2.32. The number of benzene rings is 2. The molecule has 2 aliphatic heterocycles. The normalized spacial score (nSPS) is 23.2. The second kappa shape index (κ2) is 9.26. The monoisotopic (exact) mass is 412 g/mol. The molecule has 2 atom stereocenters. The van der Waals surface area contributed by atoms with E-state index in [1.807, 2.05) is 24.3 Å². The molecule has 29 heavy (non-hydrogen) atoms. The first-order valence-electron chi connectivity index (χ1n) is 10.4. The van der Waals surface area contributed by atoms with Crippen molar-refractivity contribution in [2.75, 3.05) is 13.1 Å². The highest BCUT2D eigenvalue weighted by Crippen LogP contribution is 2.26. The van der Waals surface area contributed by atoms with Crippen LogP contribution in [-0.4, -0.2) is 36.1 Å². The number of aryl methyl sites for hydroxylation is 1. The summed E-state index contributed by atoms with van der Waals surface area (Å²) < 4.78 is 0. The van der Waals surface area contributed by atoms with Gasteiger partial charge in [0.2, 0.25) is 5.91 Å². The summed E-state index contributed by atoms with van der Waals surface area (Å²) in [5.41, 5.74) is 10.4. The molecule has 0 saturated carbocycles. The number of likely N-dealkylation sites (tertiary alicyclic amines) is 1. The molecular weight excluding hydrogens is 384 g/mol. The first kappa shape index (κ1) is 20.4. The average molecular weight is 413 g/mol. The van der Waals surface area contributed by atoms with Gasteiger partial charge in [-0.05, 0) is 49.4 Å². The van der Waals surface area contributed by atoms with Crippen molar-refractivity contribution in [2.45, 2.75) is 50.9 Å². The molecule has 1 amide bonds. The van der Waals surface area contributed by atoms with Gasteiger partial charge in [-0.2, -0.15) is 0 Å². The molecule has 5 nitrogen and oxygen atoms in total. The summed E-state index contributed by atoms with van der Waals surface area (Å²) in [5, 5.41) is 3.99. The van der Waals surface area contributed by atoms with E-state index in [1.54, 1.807) is 0 Å². The van der Waals surface area contributed by atoms with Crippen molar-refractivity contribution >= 4 is 17.5 Å². The SMILES string of the molecule is Cc1ccc(CC(=O)NC2CCN(C3CC(c4ccc(Cl)cc4)NN3)CC2)cc1. The van der Waals surface area contributed by atoms with E-state index in [0.29, 0.717) is 18.6 Å². The van der Waals surface area contributed by atoms with Crippen LogP contribution in [0.5, 0.6) is 0 Å². The lowest BCUT2D eigenvalue weighted by Gasteiger charge is -2.35. The first-order valence-corrected chi connectivity index (χ1v) is 10.8. The number of rotatable bonds is 5. The summed E-state index contributed by atoms with van der Waals surface area (Å²) >= 11 is 6.00. The Kier molecular flexibility index (Phi) is 6.50. The van der Waals surface area contributed by atoms with Crippen molar-refractivity contribution in [1.29, 1.82) is 0 Å². The quantitative estimate of drug-likeness (QED) is 0.705. The lowest BCUT2D eigenvalue weighted by atomic mass is 10.0. The van der Waals surface area contributed by atoms with Crippen molar-refractivity contribution in [3.05, 3.63) is 70.2 Å². The zero-order valence-corrected chi connectivity index (χ0v) is 17.6. The van der Waals surface area contributed by atoms with Crippen LogP contribution < -0.4 is 16.2 Å².